The zero-order valence-electron chi connectivity index (χ0n) is 14.4. The van der Waals surface area contributed by atoms with Crippen molar-refractivity contribution >= 4 is 27.2 Å². The molecule has 8 heteroatoms. The molecular formula is C18H19NO6S. The average Bonchev–Trinajstić information content (AvgIpc) is 2.60. The number of hydrogen-bond donors (Lipinski definition) is 1. The zero-order valence-corrected chi connectivity index (χ0v) is 15.2. The molecule has 0 aliphatic heterocycles. The van der Waals surface area contributed by atoms with E-state index in [4.69, 9.17) is 9.47 Å². The van der Waals surface area contributed by atoms with Gasteiger partial charge in [-0.3, -0.25) is 9.59 Å². The van der Waals surface area contributed by atoms with E-state index in [0.717, 1.165) is 0 Å². The lowest BCUT2D eigenvalue weighted by molar-refractivity contribution is -0.113. The second-order valence-electron chi connectivity index (χ2n) is 5.44. The van der Waals surface area contributed by atoms with Crippen molar-refractivity contribution in [2.75, 3.05) is 31.0 Å². The smallest absolute Gasteiger partial charge is 0.239 e. The molecule has 0 radical (unpaired) electrons. The van der Waals surface area contributed by atoms with E-state index in [1.54, 1.807) is 30.3 Å². The fourth-order valence-corrected chi connectivity index (χ4v) is 3.40. The Bertz CT molecular complexity index is 893. The van der Waals surface area contributed by atoms with Crippen LogP contribution in [0.2, 0.25) is 0 Å². The van der Waals surface area contributed by atoms with Gasteiger partial charge in [-0.1, -0.05) is 18.2 Å². The first kappa shape index (κ1) is 19.5. The molecule has 1 N–H and O–H groups in total. The summed E-state index contributed by atoms with van der Waals surface area (Å²) in [5.41, 5.74) is 0.594. The maximum Gasteiger partial charge on any atom is 0.239 e. The third-order valence-electron chi connectivity index (χ3n) is 3.47. The van der Waals surface area contributed by atoms with Crippen LogP contribution in [0, 0.1) is 0 Å². The highest BCUT2D eigenvalue weighted by Crippen LogP contribution is 2.25. The van der Waals surface area contributed by atoms with Crippen molar-refractivity contribution in [2.45, 2.75) is 0 Å². The summed E-state index contributed by atoms with van der Waals surface area (Å²) in [6.07, 6.45) is 0. The lowest BCUT2D eigenvalue weighted by Gasteiger charge is -2.10. The molecule has 0 atom stereocenters. The van der Waals surface area contributed by atoms with Gasteiger partial charge < -0.3 is 14.8 Å². The Morgan fingerprint density at radius 3 is 2.27 bits per heavy atom. The summed E-state index contributed by atoms with van der Waals surface area (Å²) in [6, 6.07) is 12.9. The lowest BCUT2D eigenvalue weighted by atomic mass is 10.1. The van der Waals surface area contributed by atoms with Gasteiger partial charge in [0.1, 0.15) is 23.0 Å². The normalized spacial score (nSPS) is 10.8. The molecule has 0 spiro atoms. The van der Waals surface area contributed by atoms with Crippen LogP contribution in [-0.2, 0) is 14.6 Å². The number of benzene rings is 2. The largest absolute Gasteiger partial charge is 0.497 e. The van der Waals surface area contributed by atoms with Crippen LogP contribution in [0.5, 0.6) is 11.5 Å². The van der Waals surface area contributed by atoms with Crippen LogP contribution >= 0.6 is 0 Å². The van der Waals surface area contributed by atoms with Gasteiger partial charge in [-0.05, 0) is 24.3 Å². The molecule has 0 fully saturated rings. The van der Waals surface area contributed by atoms with Crippen molar-refractivity contribution in [3.05, 3.63) is 54.1 Å². The molecule has 26 heavy (non-hydrogen) atoms. The van der Waals surface area contributed by atoms with Crippen molar-refractivity contribution < 1.29 is 27.5 Å². The van der Waals surface area contributed by atoms with Gasteiger partial charge in [0.2, 0.25) is 5.91 Å². The number of sulfone groups is 1. The Kier molecular flexibility index (Phi) is 6.35. The van der Waals surface area contributed by atoms with E-state index in [1.165, 1.54) is 32.4 Å². The van der Waals surface area contributed by atoms with Gasteiger partial charge in [-0.2, -0.15) is 0 Å². The fraction of sp³-hybridized carbons (Fsp3) is 0.222. The van der Waals surface area contributed by atoms with Crippen LogP contribution in [-0.4, -0.2) is 45.8 Å². The van der Waals surface area contributed by atoms with E-state index < -0.39 is 33.0 Å². The Hall–Kier alpha value is -2.87. The number of anilines is 1. The summed E-state index contributed by atoms with van der Waals surface area (Å²) in [5.74, 6) is -2.26. The highest BCUT2D eigenvalue weighted by atomic mass is 32.2. The van der Waals surface area contributed by atoms with Crippen LogP contribution in [0.4, 0.5) is 5.69 Å². The molecule has 2 aromatic carbocycles. The van der Waals surface area contributed by atoms with Crippen LogP contribution < -0.4 is 14.8 Å². The molecule has 0 unspecified atom stereocenters. The first-order chi connectivity index (χ1) is 12.3. The number of rotatable bonds is 8. The van der Waals surface area contributed by atoms with E-state index in [-0.39, 0.29) is 11.3 Å². The number of methoxy groups -OCH3 is 2. The Balaban J connectivity index is 2.06. The topological polar surface area (TPSA) is 98.8 Å². The molecule has 2 rings (SSSR count). The fourth-order valence-electron chi connectivity index (χ4n) is 2.28. The molecule has 0 aromatic heterocycles. The summed E-state index contributed by atoms with van der Waals surface area (Å²) >= 11 is 0. The van der Waals surface area contributed by atoms with Gasteiger partial charge in [0, 0.05) is 11.8 Å². The highest BCUT2D eigenvalue weighted by Gasteiger charge is 2.24. The predicted octanol–water partition coefficient (Wildman–Crippen LogP) is 1.94. The zero-order chi connectivity index (χ0) is 19.2. The van der Waals surface area contributed by atoms with Crippen LogP contribution in [0.3, 0.4) is 0 Å². The second-order valence-corrected chi connectivity index (χ2v) is 7.50. The maximum absolute atomic E-state index is 12.3. The number of Topliss-reactive ketones (excluding diaryl/α,β-unsaturated/α-hetero) is 1. The molecule has 0 aliphatic carbocycles. The quantitative estimate of drug-likeness (QED) is 0.706. The molecule has 7 nitrogen and oxygen atoms in total. The van der Waals surface area contributed by atoms with E-state index in [0.29, 0.717) is 11.4 Å². The van der Waals surface area contributed by atoms with E-state index >= 15 is 0 Å². The van der Waals surface area contributed by atoms with Crippen molar-refractivity contribution in [1.82, 2.24) is 0 Å². The number of carbonyl (C=O) groups excluding carboxylic acids is 2. The molecule has 2 aromatic rings. The third kappa shape index (κ3) is 5.32. The number of amides is 1. The van der Waals surface area contributed by atoms with Crippen LogP contribution in [0.1, 0.15) is 10.4 Å². The molecule has 138 valence electrons. The number of carbonyl (C=O) groups is 2. The minimum atomic E-state index is -3.94. The summed E-state index contributed by atoms with van der Waals surface area (Å²) < 4.78 is 34.5. The lowest BCUT2D eigenvalue weighted by Crippen LogP contribution is -2.27. The monoisotopic (exact) mass is 377 g/mol. The van der Waals surface area contributed by atoms with Gasteiger partial charge in [-0.25, -0.2) is 8.42 Å². The molecule has 0 saturated carbocycles. The number of ether oxygens (including phenoxy) is 2. The summed E-state index contributed by atoms with van der Waals surface area (Å²) in [4.78, 5) is 24.3. The molecule has 0 bridgehead atoms. The van der Waals surface area contributed by atoms with Crippen molar-refractivity contribution in [3.8, 4) is 11.5 Å². The van der Waals surface area contributed by atoms with E-state index in [2.05, 4.69) is 5.32 Å². The minimum absolute atomic E-state index is 0.111. The minimum Gasteiger partial charge on any atom is -0.497 e. The Morgan fingerprint density at radius 1 is 0.962 bits per heavy atom. The van der Waals surface area contributed by atoms with Crippen LogP contribution in [0.25, 0.3) is 0 Å². The molecule has 1 amide bonds. The van der Waals surface area contributed by atoms with Crippen molar-refractivity contribution in [3.63, 3.8) is 0 Å². The first-order valence-electron chi connectivity index (χ1n) is 7.65. The van der Waals surface area contributed by atoms with Gasteiger partial charge in [-0.15, -0.1) is 0 Å². The second kappa shape index (κ2) is 8.48. The summed E-state index contributed by atoms with van der Waals surface area (Å²) in [6.45, 7) is 0. The molecule has 0 heterocycles. The molecule has 0 aliphatic rings. The third-order valence-corrected chi connectivity index (χ3v) is 4.87. The summed E-state index contributed by atoms with van der Waals surface area (Å²) in [5, 5.41) is 2.48. The first-order valence-corrected chi connectivity index (χ1v) is 9.47. The van der Waals surface area contributed by atoms with E-state index in [9.17, 15) is 18.0 Å². The van der Waals surface area contributed by atoms with Crippen LogP contribution in [0.15, 0.2) is 48.5 Å². The van der Waals surface area contributed by atoms with Crippen molar-refractivity contribution in [1.29, 1.82) is 0 Å². The molecule has 0 saturated heterocycles. The maximum atomic E-state index is 12.3. The number of ketones is 1. The summed E-state index contributed by atoms with van der Waals surface area (Å²) in [7, 11) is -1.10. The highest BCUT2D eigenvalue weighted by molar-refractivity contribution is 7.92. The average molecular weight is 377 g/mol. The standard InChI is InChI=1S/C18H19NO6S/c1-24-14-8-9-15(17(10-14)25-2)16(20)11-26(22,23)12-18(21)19-13-6-4-3-5-7-13/h3-10H,11-12H2,1-2H3,(H,19,21). The van der Waals surface area contributed by atoms with Gasteiger partial charge in [0.15, 0.2) is 15.6 Å². The number of hydrogen-bond acceptors (Lipinski definition) is 6. The Labute approximate surface area is 151 Å². The Morgan fingerprint density at radius 2 is 1.65 bits per heavy atom. The predicted molar refractivity (Wildman–Crippen MR) is 97.6 cm³/mol. The molecular weight excluding hydrogens is 358 g/mol. The van der Waals surface area contributed by atoms with Gasteiger partial charge in [0.05, 0.1) is 19.8 Å². The van der Waals surface area contributed by atoms with Crippen molar-refractivity contribution in [2.24, 2.45) is 0 Å². The SMILES string of the molecule is COc1ccc(C(=O)CS(=O)(=O)CC(=O)Nc2ccccc2)c(OC)c1. The van der Waals surface area contributed by atoms with Gasteiger partial charge in [0.25, 0.3) is 0 Å². The number of nitrogens with one attached hydrogen (secondary N) is 1. The number of para-hydroxylation sites is 1. The van der Waals surface area contributed by atoms with Gasteiger partial charge >= 0.3 is 0 Å². The van der Waals surface area contributed by atoms with E-state index in [1.807, 2.05) is 0 Å².